The van der Waals surface area contributed by atoms with Gasteiger partial charge in [-0.1, -0.05) is 12.1 Å². The predicted molar refractivity (Wildman–Crippen MR) is 114 cm³/mol. The molecule has 8 heteroatoms. The van der Waals surface area contributed by atoms with E-state index >= 15 is 0 Å². The lowest BCUT2D eigenvalue weighted by Gasteiger charge is -2.15. The number of rotatable bonds is 8. The number of para-hydroxylation sites is 2. The zero-order valence-electron chi connectivity index (χ0n) is 17.1. The highest BCUT2D eigenvalue weighted by Crippen LogP contribution is 2.26. The molecule has 1 unspecified atom stereocenters. The van der Waals surface area contributed by atoms with Gasteiger partial charge in [0.1, 0.15) is 11.7 Å². The minimum atomic E-state index is -0.580. The number of amides is 1. The summed E-state index contributed by atoms with van der Waals surface area (Å²) in [7, 11) is 0. The summed E-state index contributed by atoms with van der Waals surface area (Å²) in [5.74, 6) is 0.838. The Balaban J connectivity index is 1.48. The molecule has 30 heavy (non-hydrogen) atoms. The molecule has 0 aliphatic carbocycles. The van der Waals surface area contributed by atoms with Crippen molar-refractivity contribution in [2.24, 2.45) is 0 Å². The summed E-state index contributed by atoms with van der Waals surface area (Å²) in [5, 5.41) is 13.1. The van der Waals surface area contributed by atoms with E-state index in [0.29, 0.717) is 30.4 Å². The molecule has 154 valence electrons. The Hall–Kier alpha value is -3.47. The first-order valence-electron chi connectivity index (χ1n) is 10.4. The quantitative estimate of drug-likeness (QED) is 0.581. The minimum absolute atomic E-state index is 0.240. The van der Waals surface area contributed by atoms with E-state index in [1.54, 1.807) is 12.3 Å². The summed E-state index contributed by atoms with van der Waals surface area (Å²) in [4.78, 5) is 27.1. The summed E-state index contributed by atoms with van der Waals surface area (Å²) in [6.45, 7) is 5.03. The molecule has 1 aliphatic rings. The Morgan fingerprint density at radius 3 is 2.90 bits per heavy atom. The van der Waals surface area contributed by atoms with Crippen molar-refractivity contribution in [2.75, 3.05) is 25.0 Å². The number of imidazole rings is 1. The van der Waals surface area contributed by atoms with Crippen LogP contribution in [0.5, 0.6) is 0 Å². The molecule has 1 aromatic carbocycles. The molecule has 1 fully saturated rings. The molecular formula is C22H25N7O. The smallest absolute Gasteiger partial charge is 0.222 e. The molecule has 1 N–H and O–H groups in total. The first-order chi connectivity index (χ1) is 14.7. The van der Waals surface area contributed by atoms with Crippen LogP contribution in [0.3, 0.4) is 0 Å². The number of nitrogens with zero attached hydrogens (tertiary/aromatic N) is 6. The van der Waals surface area contributed by atoms with Gasteiger partial charge in [0, 0.05) is 38.8 Å². The second kappa shape index (κ2) is 8.91. The molecule has 4 rings (SSSR count). The Morgan fingerprint density at radius 1 is 1.27 bits per heavy atom. The van der Waals surface area contributed by atoms with Crippen LogP contribution in [-0.4, -0.2) is 50.0 Å². The fourth-order valence-corrected chi connectivity index (χ4v) is 3.93. The second-order valence-corrected chi connectivity index (χ2v) is 7.33. The summed E-state index contributed by atoms with van der Waals surface area (Å²) in [6.07, 6.45) is 4.11. The summed E-state index contributed by atoms with van der Waals surface area (Å²) in [6, 6.07) is 12.0. The van der Waals surface area contributed by atoms with Crippen LogP contribution in [-0.2, 0) is 11.3 Å². The van der Waals surface area contributed by atoms with Crippen molar-refractivity contribution in [2.45, 2.75) is 38.6 Å². The monoisotopic (exact) mass is 403 g/mol. The van der Waals surface area contributed by atoms with Gasteiger partial charge >= 0.3 is 0 Å². The zero-order chi connectivity index (χ0) is 20.9. The van der Waals surface area contributed by atoms with Crippen molar-refractivity contribution >= 4 is 22.9 Å². The van der Waals surface area contributed by atoms with E-state index in [1.165, 1.54) is 0 Å². The van der Waals surface area contributed by atoms with Crippen LogP contribution < -0.4 is 5.32 Å². The van der Waals surface area contributed by atoms with Crippen molar-refractivity contribution in [3.05, 3.63) is 48.0 Å². The average molecular weight is 403 g/mol. The molecule has 2 aromatic heterocycles. The Kier molecular flexibility index (Phi) is 5.89. The Morgan fingerprint density at radius 2 is 2.13 bits per heavy atom. The van der Waals surface area contributed by atoms with Crippen LogP contribution in [0.2, 0.25) is 0 Å². The molecule has 3 heterocycles. The third-order valence-electron chi connectivity index (χ3n) is 5.42. The van der Waals surface area contributed by atoms with Crippen LogP contribution in [0, 0.1) is 11.3 Å². The Labute approximate surface area is 175 Å². The van der Waals surface area contributed by atoms with Gasteiger partial charge in [0.25, 0.3) is 0 Å². The number of carbonyl (C=O) groups is 1. The second-order valence-electron chi connectivity index (χ2n) is 7.33. The lowest BCUT2D eigenvalue weighted by molar-refractivity contribution is -0.127. The molecule has 1 saturated heterocycles. The minimum Gasteiger partial charge on any atom is -0.354 e. The summed E-state index contributed by atoms with van der Waals surface area (Å²) < 4.78 is 2.06. The molecule has 1 amide bonds. The fourth-order valence-electron chi connectivity index (χ4n) is 3.93. The van der Waals surface area contributed by atoms with Crippen molar-refractivity contribution in [1.82, 2.24) is 24.4 Å². The van der Waals surface area contributed by atoms with E-state index < -0.39 is 5.92 Å². The highest BCUT2D eigenvalue weighted by molar-refractivity contribution is 5.78. The van der Waals surface area contributed by atoms with Gasteiger partial charge in [0.05, 0.1) is 22.8 Å². The zero-order valence-corrected chi connectivity index (χ0v) is 17.1. The number of aromatic nitrogens is 4. The molecule has 1 aliphatic heterocycles. The highest BCUT2D eigenvalue weighted by Gasteiger charge is 2.23. The van der Waals surface area contributed by atoms with Gasteiger partial charge in [-0.05, 0) is 38.0 Å². The largest absolute Gasteiger partial charge is 0.354 e. The number of nitrogens with one attached hydrogen (secondary N) is 1. The van der Waals surface area contributed by atoms with E-state index in [1.807, 2.05) is 36.1 Å². The summed E-state index contributed by atoms with van der Waals surface area (Å²) in [5.41, 5.74) is 2.51. The van der Waals surface area contributed by atoms with Gasteiger partial charge in [-0.15, -0.1) is 0 Å². The summed E-state index contributed by atoms with van der Waals surface area (Å²) >= 11 is 0. The van der Waals surface area contributed by atoms with Gasteiger partial charge < -0.3 is 14.8 Å². The van der Waals surface area contributed by atoms with Crippen molar-refractivity contribution < 1.29 is 4.79 Å². The molecule has 0 radical (unpaired) electrons. The standard InChI is InChI=1S/C22H25N7O/c1-2-29-19-8-4-3-7-18(19)26-21(29)16(15-23)17-10-12-25-22(27-17)24-11-6-14-28-13-5-9-20(28)30/h3-4,7-8,10,12,16H,2,5-6,9,11,13-14H2,1H3,(H,24,25,27). The molecule has 0 saturated carbocycles. The normalized spacial score (nSPS) is 14.8. The molecule has 1 atom stereocenters. The van der Waals surface area contributed by atoms with Gasteiger partial charge in [-0.2, -0.15) is 5.26 Å². The number of likely N-dealkylation sites (tertiary alicyclic amines) is 1. The van der Waals surface area contributed by atoms with Gasteiger partial charge in [0.15, 0.2) is 0 Å². The van der Waals surface area contributed by atoms with Crippen molar-refractivity contribution in [3.63, 3.8) is 0 Å². The van der Waals surface area contributed by atoms with Crippen LogP contribution in [0.4, 0.5) is 5.95 Å². The van der Waals surface area contributed by atoms with E-state index in [0.717, 1.165) is 43.5 Å². The number of hydrogen-bond donors (Lipinski definition) is 1. The van der Waals surface area contributed by atoms with E-state index in [4.69, 9.17) is 4.98 Å². The third-order valence-corrected chi connectivity index (χ3v) is 5.42. The van der Waals surface area contributed by atoms with Gasteiger partial charge in [-0.3, -0.25) is 4.79 Å². The topological polar surface area (TPSA) is 99.7 Å². The number of carbonyl (C=O) groups excluding carboxylic acids is 1. The first kappa shape index (κ1) is 19.8. The number of benzene rings is 1. The maximum Gasteiger partial charge on any atom is 0.222 e. The van der Waals surface area contributed by atoms with Crippen LogP contribution >= 0.6 is 0 Å². The average Bonchev–Trinajstić information content (AvgIpc) is 3.35. The van der Waals surface area contributed by atoms with E-state index in [2.05, 4.69) is 25.9 Å². The fraction of sp³-hybridized carbons (Fsp3) is 0.409. The number of aryl methyl sites for hydroxylation is 1. The van der Waals surface area contributed by atoms with Crippen LogP contribution in [0.1, 0.15) is 43.6 Å². The lowest BCUT2D eigenvalue weighted by Crippen LogP contribution is -2.27. The first-order valence-corrected chi connectivity index (χ1v) is 10.4. The van der Waals surface area contributed by atoms with Crippen molar-refractivity contribution in [3.8, 4) is 6.07 Å². The number of nitriles is 1. The molecule has 0 bridgehead atoms. The maximum absolute atomic E-state index is 11.7. The Bertz CT molecular complexity index is 1080. The van der Waals surface area contributed by atoms with Gasteiger partial charge in [0.2, 0.25) is 11.9 Å². The maximum atomic E-state index is 11.7. The van der Waals surface area contributed by atoms with Gasteiger partial charge in [-0.25, -0.2) is 15.0 Å². The van der Waals surface area contributed by atoms with Crippen LogP contribution in [0.15, 0.2) is 36.5 Å². The van der Waals surface area contributed by atoms with E-state index in [-0.39, 0.29) is 5.91 Å². The van der Waals surface area contributed by atoms with Crippen LogP contribution in [0.25, 0.3) is 11.0 Å². The predicted octanol–water partition coefficient (Wildman–Crippen LogP) is 2.93. The molecule has 8 nitrogen and oxygen atoms in total. The molecule has 0 spiro atoms. The SMILES string of the molecule is CCn1c(C(C#N)c2ccnc(NCCCN3CCCC3=O)n2)nc2ccccc21. The van der Waals surface area contributed by atoms with E-state index in [9.17, 15) is 10.1 Å². The van der Waals surface area contributed by atoms with Crippen molar-refractivity contribution in [1.29, 1.82) is 5.26 Å². The number of hydrogen-bond acceptors (Lipinski definition) is 6. The molecule has 3 aromatic rings. The molecular weight excluding hydrogens is 378 g/mol. The lowest BCUT2D eigenvalue weighted by atomic mass is 10.1. The number of fused-ring (bicyclic) bond motifs is 1. The highest BCUT2D eigenvalue weighted by atomic mass is 16.2. The number of anilines is 1. The third kappa shape index (κ3) is 3.96.